The first-order valence-corrected chi connectivity index (χ1v) is 7.51. The quantitative estimate of drug-likeness (QED) is 0.850. The van der Waals surface area contributed by atoms with Crippen LogP contribution in [0.4, 0.5) is 10.1 Å². The van der Waals surface area contributed by atoms with Crippen molar-refractivity contribution in [2.45, 2.75) is 32.9 Å². The van der Waals surface area contributed by atoms with E-state index in [0.29, 0.717) is 23.3 Å². The Morgan fingerprint density at radius 2 is 1.67 bits per heavy atom. The second kappa shape index (κ2) is 5.56. The van der Waals surface area contributed by atoms with Crippen molar-refractivity contribution in [2.75, 3.05) is 24.5 Å². The average Bonchev–Trinajstić information content (AvgIpc) is 2.46. The summed E-state index contributed by atoms with van der Waals surface area (Å²) in [5.41, 5.74) is 1.98. The molecule has 0 saturated carbocycles. The molecule has 112 valence electrons. The molecule has 2 atom stereocenters. The van der Waals surface area contributed by atoms with E-state index >= 15 is 0 Å². The van der Waals surface area contributed by atoms with Crippen LogP contribution in [0.25, 0.3) is 11.0 Å². The molecule has 1 aliphatic rings. The number of likely N-dealkylation sites (N-methyl/N-ethyl adjacent to an activating group) is 1. The predicted octanol–water partition coefficient (Wildman–Crippen LogP) is 2.69. The van der Waals surface area contributed by atoms with Crippen LogP contribution in [0.1, 0.15) is 20.8 Å². The van der Waals surface area contributed by atoms with E-state index in [1.54, 1.807) is 12.4 Å². The maximum atomic E-state index is 14.4. The van der Waals surface area contributed by atoms with Crippen molar-refractivity contribution in [2.24, 2.45) is 0 Å². The number of rotatable bonds is 2. The Kier molecular flexibility index (Phi) is 3.76. The second-order valence-corrected chi connectivity index (χ2v) is 5.78. The Bertz CT molecular complexity index is 633. The van der Waals surface area contributed by atoms with E-state index in [9.17, 15) is 4.39 Å². The standard InChI is InChI=1S/C16H21FN4/c1-4-21-11(2)9-20(10-12(21)3)16-8-15-14(7-13(16)17)18-5-6-19-15/h5-8,11-12H,4,9-10H2,1-3H3. The first-order chi connectivity index (χ1) is 10.1. The lowest BCUT2D eigenvalue weighted by molar-refractivity contribution is 0.139. The van der Waals surface area contributed by atoms with Crippen molar-refractivity contribution in [1.82, 2.24) is 14.9 Å². The maximum Gasteiger partial charge on any atom is 0.148 e. The van der Waals surface area contributed by atoms with E-state index in [0.717, 1.165) is 25.2 Å². The summed E-state index contributed by atoms with van der Waals surface area (Å²) in [6, 6.07) is 4.13. The number of piperazine rings is 1. The smallest absolute Gasteiger partial charge is 0.148 e. The van der Waals surface area contributed by atoms with E-state index in [4.69, 9.17) is 0 Å². The van der Waals surface area contributed by atoms with Crippen LogP contribution in [0.5, 0.6) is 0 Å². The van der Waals surface area contributed by atoms with E-state index in [1.807, 2.05) is 6.07 Å². The third-order valence-electron chi connectivity index (χ3n) is 4.35. The second-order valence-electron chi connectivity index (χ2n) is 5.78. The summed E-state index contributed by atoms with van der Waals surface area (Å²) >= 11 is 0. The largest absolute Gasteiger partial charge is 0.366 e. The number of hydrogen-bond acceptors (Lipinski definition) is 4. The number of halogens is 1. The molecule has 0 aliphatic carbocycles. The van der Waals surface area contributed by atoms with Gasteiger partial charge in [-0.3, -0.25) is 14.9 Å². The third kappa shape index (κ3) is 2.58. The van der Waals surface area contributed by atoms with Gasteiger partial charge in [-0.15, -0.1) is 0 Å². The van der Waals surface area contributed by atoms with Crippen LogP contribution in [0.15, 0.2) is 24.5 Å². The Balaban J connectivity index is 1.95. The fourth-order valence-corrected chi connectivity index (χ4v) is 3.39. The molecule has 1 aliphatic heterocycles. The van der Waals surface area contributed by atoms with Crippen molar-refractivity contribution in [3.05, 3.63) is 30.3 Å². The lowest BCUT2D eigenvalue weighted by Crippen LogP contribution is -2.56. The van der Waals surface area contributed by atoms with Crippen LogP contribution in [0, 0.1) is 5.82 Å². The maximum absolute atomic E-state index is 14.4. The van der Waals surface area contributed by atoms with Gasteiger partial charge in [0.05, 0.1) is 16.7 Å². The summed E-state index contributed by atoms with van der Waals surface area (Å²) in [6.45, 7) is 9.27. The monoisotopic (exact) mass is 288 g/mol. The fourth-order valence-electron chi connectivity index (χ4n) is 3.39. The van der Waals surface area contributed by atoms with Gasteiger partial charge >= 0.3 is 0 Å². The number of fused-ring (bicyclic) bond motifs is 1. The van der Waals surface area contributed by atoms with Crippen LogP contribution in [-0.4, -0.2) is 46.6 Å². The number of hydrogen-bond donors (Lipinski definition) is 0. The van der Waals surface area contributed by atoms with Gasteiger partial charge in [-0.05, 0) is 26.5 Å². The van der Waals surface area contributed by atoms with Gasteiger partial charge < -0.3 is 4.90 Å². The van der Waals surface area contributed by atoms with Gasteiger partial charge in [0, 0.05) is 43.6 Å². The molecule has 0 bridgehead atoms. The van der Waals surface area contributed by atoms with Crippen LogP contribution in [0.3, 0.4) is 0 Å². The predicted molar refractivity (Wildman–Crippen MR) is 83.0 cm³/mol. The number of nitrogens with zero attached hydrogens (tertiary/aromatic N) is 4. The van der Waals surface area contributed by atoms with E-state index in [1.165, 1.54) is 6.07 Å². The molecule has 2 heterocycles. The zero-order valence-electron chi connectivity index (χ0n) is 12.8. The summed E-state index contributed by atoms with van der Waals surface area (Å²) in [4.78, 5) is 13.0. The normalized spacial score (nSPS) is 23.7. The Hall–Kier alpha value is -1.75. The molecule has 1 aromatic heterocycles. The lowest BCUT2D eigenvalue weighted by Gasteiger charge is -2.45. The molecule has 1 aromatic carbocycles. The highest BCUT2D eigenvalue weighted by atomic mass is 19.1. The van der Waals surface area contributed by atoms with Crippen molar-refractivity contribution < 1.29 is 4.39 Å². The van der Waals surface area contributed by atoms with Crippen molar-refractivity contribution >= 4 is 16.7 Å². The van der Waals surface area contributed by atoms with Crippen molar-refractivity contribution in [1.29, 1.82) is 0 Å². The fraction of sp³-hybridized carbons (Fsp3) is 0.500. The van der Waals surface area contributed by atoms with Gasteiger partial charge in [-0.1, -0.05) is 6.92 Å². The highest BCUT2D eigenvalue weighted by Gasteiger charge is 2.29. The topological polar surface area (TPSA) is 32.3 Å². The molecule has 0 amide bonds. The molecule has 5 heteroatoms. The van der Waals surface area contributed by atoms with Gasteiger partial charge in [0.2, 0.25) is 0 Å². The van der Waals surface area contributed by atoms with Gasteiger partial charge in [0.1, 0.15) is 5.82 Å². The minimum absolute atomic E-state index is 0.215. The van der Waals surface area contributed by atoms with Crippen LogP contribution in [0.2, 0.25) is 0 Å². The minimum atomic E-state index is -0.215. The Morgan fingerprint density at radius 1 is 1.10 bits per heavy atom. The molecule has 0 N–H and O–H groups in total. The lowest BCUT2D eigenvalue weighted by atomic mass is 10.1. The number of aromatic nitrogens is 2. The van der Waals surface area contributed by atoms with Crippen molar-refractivity contribution in [3.8, 4) is 0 Å². The summed E-state index contributed by atoms with van der Waals surface area (Å²) < 4.78 is 14.4. The molecular weight excluding hydrogens is 267 g/mol. The summed E-state index contributed by atoms with van der Waals surface area (Å²) in [7, 11) is 0. The van der Waals surface area contributed by atoms with Gasteiger partial charge in [0.15, 0.2) is 0 Å². The first kappa shape index (κ1) is 14.2. The Labute approximate surface area is 124 Å². The zero-order valence-corrected chi connectivity index (χ0v) is 12.8. The summed E-state index contributed by atoms with van der Waals surface area (Å²) in [5.74, 6) is -0.215. The average molecular weight is 288 g/mol. The molecule has 1 fully saturated rings. The number of anilines is 1. The molecule has 2 aromatic rings. The molecule has 0 radical (unpaired) electrons. The Morgan fingerprint density at radius 3 is 2.24 bits per heavy atom. The highest BCUT2D eigenvalue weighted by Crippen LogP contribution is 2.27. The van der Waals surface area contributed by atoms with Gasteiger partial charge in [0.25, 0.3) is 0 Å². The third-order valence-corrected chi connectivity index (χ3v) is 4.35. The summed E-state index contributed by atoms with van der Waals surface area (Å²) in [5, 5.41) is 0. The molecular formula is C16H21FN4. The number of benzene rings is 1. The first-order valence-electron chi connectivity index (χ1n) is 7.51. The van der Waals surface area contributed by atoms with E-state index in [2.05, 4.69) is 40.5 Å². The zero-order chi connectivity index (χ0) is 15.0. The molecule has 4 nitrogen and oxygen atoms in total. The summed E-state index contributed by atoms with van der Waals surface area (Å²) in [6.07, 6.45) is 3.23. The molecule has 21 heavy (non-hydrogen) atoms. The highest BCUT2D eigenvalue weighted by molar-refractivity contribution is 5.79. The van der Waals surface area contributed by atoms with Gasteiger partial charge in [-0.25, -0.2) is 4.39 Å². The molecule has 2 unspecified atom stereocenters. The van der Waals surface area contributed by atoms with Crippen LogP contribution in [-0.2, 0) is 0 Å². The minimum Gasteiger partial charge on any atom is -0.366 e. The molecule has 3 rings (SSSR count). The van der Waals surface area contributed by atoms with Crippen LogP contribution >= 0.6 is 0 Å². The molecule has 1 saturated heterocycles. The van der Waals surface area contributed by atoms with Crippen molar-refractivity contribution in [3.63, 3.8) is 0 Å². The van der Waals surface area contributed by atoms with E-state index in [-0.39, 0.29) is 5.82 Å². The van der Waals surface area contributed by atoms with E-state index < -0.39 is 0 Å². The van der Waals surface area contributed by atoms with Gasteiger partial charge in [-0.2, -0.15) is 0 Å². The molecule has 0 spiro atoms. The van der Waals surface area contributed by atoms with Crippen LogP contribution < -0.4 is 4.90 Å². The SMILES string of the molecule is CCN1C(C)CN(c2cc3nccnc3cc2F)CC1C.